The van der Waals surface area contributed by atoms with E-state index in [1.54, 1.807) is 42.5 Å². The van der Waals surface area contributed by atoms with Gasteiger partial charge in [-0.1, -0.05) is 48.5 Å². The Morgan fingerprint density at radius 3 is 2.28 bits per heavy atom. The summed E-state index contributed by atoms with van der Waals surface area (Å²) in [5.41, 5.74) is 20.0. The van der Waals surface area contributed by atoms with Crippen LogP contribution < -0.4 is 27.7 Å². The van der Waals surface area contributed by atoms with Crippen LogP contribution in [-0.2, 0) is 15.2 Å². The third-order valence-corrected chi connectivity index (χ3v) is 4.31. The van der Waals surface area contributed by atoms with Crippen molar-refractivity contribution in [3.8, 4) is 5.75 Å². The Balaban J connectivity index is 2.25. The molecule has 2 rings (SSSR count). The van der Waals surface area contributed by atoms with Crippen molar-refractivity contribution in [2.24, 2.45) is 27.9 Å². The molecule has 2 unspecified atom stereocenters. The van der Waals surface area contributed by atoms with Gasteiger partial charge in [-0.05, 0) is 24.5 Å². The molecule has 9 nitrogen and oxygen atoms in total. The van der Waals surface area contributed by atoms with E-state index in [1.165, 1.54) is 12.1 Å². The molecule has 0 aliphatic carbocycles. The quantitative estimate of drug-likeness (QED) is 0.126. The standard InChI is InChI=1S/C20H25N5O4/c21-15(10-6-12-25-19(23)24)17(26)29-16-11-5-4-9-14(16)20(28,18(22)27)13-7-2-1-3-8-13/h1-5,7-9,11,15,28H,6,10,12,21H2,(H2,22,27)(H4,23,24,25). The molecule has 1 amide bonds. The summed E-state index contributed by atoms with van der Waals surface area (Å²) in [6.07, 6.45) is 0.765. The minimum absolute atomic E-state index is 0.0117. The molecule has 0 fully saturated rings. The van der Waals surface area contributed by atoms with Crippen molar-refractivity contribution in [2.45, 2.75) is 24.5 Å². The fraction of sp³-hybridized carbons (Fsp3) is 0.250. The maximum atomic E-state index is 12.4. The van der Waals surface area contributed by atoms with Gasteiger partial charge in [0, 0.05) is 12.1 Å². The summed E-state index contributed by atoms with van der Waals surface area (Å²) in [4.78, 5) is 28.4. The Hall–Kier alpha value is -3.43. The van der Waals surface area contributed by atoms with Gasteiger partial charge in [0.15, 0.2) is 11.6 Å². The molecule has 154 valence electrons. The number of guanidine groups is 1. The Labute approximate surface area is 168 Å². The number of esters is 1. The van der Waals surface area contributed by atoms with Gasteiger partial charge in [-0.25, -0.2) is 4.79 Å². The third kappa shape index (κ3) is 5.31. The van der Waals surface area contributed by atoms with E-state index in [9.17, 15) is 14.7 Å². The minimum Gasteiger partial charge on any atom is -0.425 e. The van der Waals surface area contributed by atoms with E-state index in [2.05, 4.69) is 4.99 Å². The number of carbonyl (C=O) groups is 2. The number of nitrogens with two attached hydrogens (primary N) is 4. The van der Waals surface area contributed by atoms with E-state index in [1.807, 2.05) is 0 Å². The van der Waals surface area contributed by atoms with E-state index in [4.69, 9.17) is 27.7 Å². The number of benzene rings is 2. The highest BCUT2D eigenvalue weighted by molar-refractivity contribution is 5.90. The van der Waals surface area contributed by atoms with Crippen LogP contribution in [0.25, 0.3) is 0 Å². The Morgan fingerprint density at radius 1 is 1.03 bits per heavy atom. The van der Waals surface area contributed by atoms with Crippen molar-refractivity contribution in [1.82, 2.24) is 0 Å². The molecule has 0 aliphatic rings. The first-order valence-corrected chi connectivity index (χ1v) is 8.96. The maximum Gasteiger partial charge on any atom is 0.328 e. The molecule has 2 atom stereocenters. The lowest BCUT2D eigenvalue weighted by molar-refractivity contribution is -0.137. The first-order chi connectivity index (χ1) is 13.8. The van der Waals surface area contributed by atoms with Crippen LogP contribution in [0.1, 0.15) is 24.0 Å². The molecule has 9 heteroatoms. The highest BCUT2D eigenvalue weighted by Gasteiger charge is 2.41. The van der Waals surface area contributed by atoms with Crippen LogP contribution >= 0.6 is 0 Å². The highest BCUT2D eigenvalue weighted by atomic mass is 16.5. The van der Waals surface area contributed by atoms with Crippen molar-refractivity contribution in [3.63, 3.8) is 0 Å². The summed E-state index contributed by atoms with van der Waals surface area (Å²) in [6.45, 7) is 0.329. The topological polar surface area (TPSA) is 180 Å². The summed E-state index contributed by atoms with van der Waals surface area (Å²) in [6, 6.07) is 13.3. The smallest absolute Gasteiger partial charge is 0.328 e. The SMILES string of the molecule is NC(=O)C(O)(c1ccccc1)c1ccccc1OC(=O)C(N)CCCN=C(N)N. The predicted molar refractivity (Wildman–Crippen MR) is 109 cm³/mol. The molecular formula is C20H25N5O4. The lowest BCUT2D eigenvalue weighted by Crippen LogP contribution is -2.43. The zero-order chi connectivity index (χ0) is 21.4. The molecule has 2 aromatic rings. The number of carbonyl (C=O) groups excluding carboxylic acids is 2. The van der Waals surface area contributed by atoms with Crippen LogP contribution in [0.3, 0.4) is 0 Å². The number of aliphatic hydroxyl groups is 1. The summed E-state index contributed by atoms with van der Waals surface area (Å²) in [7, 11) is 0. The van der Waals surface area contributed by atoms with Gasteiger partial charge in [-0.2, -0.15) is 0 Å². The summed E-state index contributed by atoms with van der Waals surface area (Å²) in [5.74, 6) is -1.78. The average molecular weight is 399 g/mol. The molecule has 0 bridgehead atoms. The zero-order valence-electron chi connectivity index (χ0n) is 15.8. The molecule has 0 saturated carbocycles. The van der Waals surface area contributed by atoms with Gasteiger partial charge in [0.05, 0.1) is 0 Å². The van der Waals surface area contributed by atoms with Crippen molar-refractivity contribution in [3.05, 3.63) is 65.7 Å². The maximum absolute atomic E-state index is 12.4. The monoisotopic (exact) mass is 399 g/mol. The molecule has 0 aliphatic heterocycles. The largest absolute Gasteiger partial charge is 0.425 e. The number of hydrogen-bond donors (Lipinski definition) is 5. The first kappa shape index (κ1) is 21.9. The van der Waals surface area contributed by atoms with Crippen LogP contribution in [0.15, 0.2) is 59.6 Å². The molecule has 29 heavy (non-hydrogen) atoms. The average Bonchev–Trinajstić information content (AvgIpc) is 2.71. The zero-order valence-corrected chi connectivity index (χ0v) is 15.8. The molecule has 0 saturated heterocycles. The van der Waals surface area contributed by atoms with Crippen LogP contribution in [0.2, 0.25) is 0 Å². The van der Waals surface area contributed by atoms with E-state index in [-0.39, 0.29) is 29.3 Å². The van der Waals surface area contributed by atoms with Crippen LogP contribution in [-0.4, -0.2) is 35.5 Å². The normalized spacial score (nSPS) is 13.7. The number of amides is 1. The molecule has 0 aromatic heterocycles. The van der Waals surface area contributed by atoms with E-state index in [0.29, 0.717) is 13.0 Å². The van der Waals surface area contributed by atoms with Crippen molar-refractivity contribution in [1.29, 1.82) is 0 Å². The summed E-state index contributed by atoms with van der Waals surface area (Å²) in [5, 5.41) is 11.2. The second-order valence-electron chi connectivity index (χ2n) is 6.41. The number of primary amides is 1. The second kappa shape index (κ2) is 9.67. The Bertz CT molecular complexity index is 883. The van der Waals surface area contributed by atoms with Gasteiger partial charge < -0.3 is 32.8 Å². The fourth-order valence-corrected chi connectivity index (χ4v) is 2.79. The molecule has 0 heterocycles. The number of hydrogen-bond acceptors (Lipinski definition) is 6. The van der Waals surface area contributed by atoms with Gasteiger partial charge in [0.1, 0.15) is 11.8 Å². The first-order valence-electron chi connectivity index (χ1n) is 8.96. The van der Waals surface area contributed by atoms with Gasteiger partial charge in [0.2, 0.25) is 0 Å². The lowest BCUT2D eigenvalue weighted by Gasteiger charge is -2.27. The van der Waals surface area contributed by atoms with Gasteiger partial charge in [-0.3, -0.25) is 9.79 Å². The fourth-order valence-electron chi connectivity index (χ4n) is 2.79. The van der Waals surface area contributed by atoms with Crippen LogP contribution in [0.5, 0.6) is 5.75 Å². The second-order valence-corrected chi connectivity index (χ2v) is 6.41. The summed E-state index contributed by atoms with van der Waals surface area (Å²) < 4.78 is 5.39. The predicted octanol–water partition coefficient (Wildman–Crippen LogP) is -0.306. The third-order valence-electron chi connectivity index (χ3n) is 4.31. The van der Waals surface area contributed by atoms with Gasteiger partial charge in [-0.15, -0.1) is 0 Å². The Morgan fingerprint density at radius 2 is 1.66 bits per heavy atom. The van der Waals surface area contributed by atoms with E-state index in [0.717, 1.165) is 0 Å². The van der Waals surface area contributed by atoms with Crippen molar-refractivity contribution >= 4 is 17.8 Å². The molecular weight excluding hydrogens is 374 g/mol. The highest BCUT2D eigenvalue weighted by Crippen LogP contribution is 2.35. The molecule has 9 N–H and O–H groups in total. The molecule has 0 spiro atoms. The van der Waals surface area contributed by atoms with Crippen molar-refractivity contribution < 1.29 is 19.4 Å². The van der Waals surface area contributed by atoms with Gasteiger partial charge >= 0.3 is 5.97 Å². The molecule has 0 radical (unpaired) electrons. The lowest BCUT2D eigenvalue weighted by atomic mass is 9.85. The molecule has 2 aromatic carbocycles. The van der Waals surface area contributed by atoms with Gasteiger partial charge in [0.25, 0.3) is 5.91 Å². The number of rotatable bonds is 9. The minimum atomic E-state index is -2.18. The number of ether oxygens (including phenoxy) is 1. The van der Waals surface area contributed by atoms with E-state index >= 15 is 0 Å². The van der Waals surface area contributed by atoms with Crippen LogP contribution in [0.4, 0.5) is 0 Å². The number of nitrogens with zero attached hydrogens (tertiary/aromatic N) is 1. The van der Waals surface area contributed by atoms with Crippen molar-refractivity contribution in [2.75, 3.05) is 6.54 Å². The Kier molecular flexibility index (Phi) is 7.29. The number of para-hydroxylation sites is 1. The van der Waals surface area contributed by atoms with Crippen LogP contribution in [0, 0.1) is 0 Å². The summed E-state index contributed by atoms with van der Waals surface area (Å²) >= 11 is 0. The van der Waals surface area contributed by atoms with E-state index < -0.39 is 23.5 Å². The number of aliphatic imine (C=N–C) groups is 1.